The fraction of sp³-hybridized carbons (Fsp3) is 0.118. The summed E-state index contributed by atoms with van der Waals surface area (Å²) in [6.45, 7) is 0. The van der Waals surface area contributed by atoms with Gasteiger partial charge >= 0.3 is 29.6 Å². The Balaban J connectivity index is 0.00000264. The topological polar surface area (TPSA) is 63.9 Å². The molecule has 0 saturated carbocycles. The Morgan fingerprint density at radius 2 is 1.83 bits per heavy atom. The molecule has 0 saturated heterocycles. The van der Waals surface area contributed by atoms with E-state index in [-0.39, 0.29) is 41.7 Å². The molecular weight excluding hydrogens is 324 g/mol. The molecular formula is C17H11FNNaO2S. The molecule has 0 aromatic heterocycles. The number of nitriles is 1. The van der Waals surface area contributed by atoms with Gasteiger partial charge in [-0.1, -0.05) is 41.1 Å². The normalized spacial score (nSPS) is 10.7. The smallest absolute Gasteiger partial charge is 0.772 e. The molecule has 0 radical (unpaired) electrons. The first-order chi connectivity index (χ1) is 10.6. The van der Waals surface area contributed by atoms with Gasteiger partial charge in [-0.05, 0) is 36.2 Å². The summed E-state index contributed by atoms with van der Waals surface area (Å²) in [4.78, 5) is 0. The van der Waals surface area contributed by atoms with Crippen LogP contribution in [0.15, 0.2) is 42.5 Å². The van der Waals surface area contributed by atoms with Crippen molar-refractivity contribution in [3.05, 3.63) is 70.5 Å². The summed E-state index contributed by atoms with van der Waals surface area (Å²) >= 11 is -2.19. The Morgan fingerprint density at radius 3 is 2.43 bits per heavy atom. The van der Waals surface area contributed by atoms with Crippen molar-refractivity contribution in [2.75, 3.05) is 5.75 Å². The zero-order valence-corrected chi connectivity index (χ0v) is 15.3. The van der Waals surface area contributed by atoms with Crippen LogP contribution in [0, 0.1) is 29.0 Å². The Kier molecular flexibility index (Phi) is 8.19. The van der Waals surface area contributed by atoms with Crippen LogP contribution in [-0.2, 0) is 17.5 Å². The van der Waals surface area contributed by atoms with Gasteiger partial charge in [0.25, 0.3) is 0 Å². The van der Waals surface area contributed by atoms with E-state index in [1.165, 1.54) is 12.1 Å². The van der Waals surface area contributed by atoms with Gasteiger partial charge < -0.3 is 4.55 Å². The van der Waals surface area contributed by atoms with Gasteiger partial charge in [-0.15, -0.1) is 0 Å². The maximum absolute atomic E-state index is 13.9. The molecule has 0 N–H and O–H groups in total. The Morgan fingerprint density at radius 1 is 1.13 bits per heavy atom. The van der Waals surface area contributed by atoms with E-state index < -0.39 is 16.9 Å². The predicted molar refractivity (Wildman–Crippen MR) is 81.0 cm³/mol. The second-order valence-corrected chi connectivity index (χ2v) is 5.49. The zero-order chi connectivity index (χ0) is 15.9. The van der Waals surface area contributed by atoms with Crippen LogP contribution >= 0.6 is 0 Å². The van der Waals surface area contributed by atoms with Crippen molar-refractivity contribution in [2.45, 2.75) is 6.42 Å². The van der Waals surface area contributed by atoms with E-state index in [4.69, 9.17) is 5.26 Å². The molecule has 3 nitrogen and oxygen atoms in total. The summed E-state index contributed by atoms with van der Waals surface area (Å²) in [6, 6.07) is 13.4. The predicted octanol–water partition coefficient (Wildman–Crippen LogP) is -0.477. The Bertz CT molecular complexity index is 821. The van der Waals surface area contributed by atoms with E-state index in [9.17, 15) is 13.2 Å². The molecule has 6 heteroatoms. The quantitative estimate of drug-likeness (QED) is 0.432. The van der Waals surface area contributed by atoms with E-state index in [2.05, 4.69) is 11.8 Å². The number of benzene rings is 2. The van der Waals surface area contributed by atoms with E-state index >= 15 is 0 Å². The molecule has 2 rings (SSSR count). The fourth-order valence-corrected chi connectivity index (χ4v) is 2.24. The fourth-order valence-electron chi connectivity index (χ4n) is 1.85. The van der Waals surface area contributed by atoms with Crippen molar-refractivity contribution in [1.29, 1.82) is 5.26 Å². The second-order valence-electron chi connectivity index (χ2n) is 4.47. The van der Waals surface area contributed by atoms with Gasteiger partial charge in [0.05, 0.1) is 5.56 Å². The van der Waals surface area contributed by atoms with Crippen molar-refractivity contribution >= 4 is 11.1 Å². The van der Waals surface area contributed by atoms with E-state index in [0.29, 0.717) is 22.3 Å². The minimum atomic E-state index is -2.19. The summed E-state index contributed by atoms with van der Waals surface area (Å²) in [6.07, 6.45) is 0.132. The Hall–Kier alpha value is -1.47. The van der Waals surface area contributed by atoms with Crippen LogP contribution in [0.1, 0.15) is 22.3 Å². The van der Waals surface area contributed by atoms with Gasteiger partial charge in [0.15, 0.2) is 0 Å². The summed E-state index contributed by atoms with van der Waals surface area (Å²) in [5, 5.41) is 8.97. The molecule has 0 aliphatic carbocycles. The van der Waals surface area contributed by atoms with Gasteiger partial charge in [0.1, 0.15) is 11.9 Å². The number of halogens is 1. The minimum Gasteiger partial charge on any atom is -0.772 e. The number of rotatable bonds is 3. The zero-order valence-electron chi connectivity index (χ0n) is 12.5. The van der Waals surface area contributed by atoms with Crippen LogP contribution in [0.4, 0.5) is 4.39 Å². The molecule has 1 unspecified atom stereocenters. The molecule has 0 bridgehead atoms. The Labute approximate surface area is 159 Å². The molecule has 0 amide bonds. The van der Waals surface area contributed by atoms with Gasteiger partial charge in [0.2, 0.25) is 0 Å². The van der Waals surface area contributed by atoms with Gasteiger partial charge in [-0.25, -0.2) is 4.39 Å². The van der Waals surface area contributed by atoms with Crippen LogP contribution in [0.3, 0.4) is 0 Å². The van der Waals surface area contributed by atoms with E-state index in [0.717, 1.165) is 0 Å². The second kappa shape index (κ2) is 9.62. The molecule has 0 aliphatic rings. The van der Waals surface area contributed by atoms with E-state index in [1.807, 2.05) is 6.07 Å². The maximum Gasteiger partial charge on any atom is 1.00 e. The third-order valence-electron chi connectivity index (χ3n) is 2.98. The number of hydrogen-bond donors (Lipinski definition) is 0. The largest absolute Gasteiger partial charge is 1.00 e. The number of hydrogen-bond acceptors (Lipinski definition) is 3. The van der Waals surface area contributed by atoms with E-state index in [1.54, 1.807) is 30.3 Å². The third-order valence-corrected chi connectivity index (χ3v) is 3.52. The first kappa shape index (κ1) is 19.6. The monoisotopic (exact) mass is 335 g/mol. The van der Waals surface area contributed by atoms with Crippen LogP contribution in [-0.4, -0.2) is 14.5 Å². The van der Waals surface area contributed by atoms with Crippen LogP contribution in [0.5, 0.6) is 0 Å². The molecule has 110 valence electrons. The molecule has 0 aliphatic heterocycles. The molecule has 1 atom stereocenters. The first-order valence-electron chi connectivity index (χ1n) is 6.45. The SMILES string of the molecule is N#Cc1ccccc1C#Cc1ccc(CCS(=O)[O-])c(F)c1.[Na+]. The molecule has 0 heterocycles. The average molecular weight is 335 g/mol. The van der Waals surface area contributed by atoms with Crippen LogP contribution in [0.2, 0.25) is 0 Å². The van der Waals surface area contributed by atoms with Crippen molar-refractivity contribution < 1.29 is 42.7 Å². The molecule has 0 spiro atoms. The summed E-state index contributed by atoms with van der Waals surface area (Å²) in [5.41, 5.74) is 1.85. The summed E-state index contributed by atoms with van der Waals surface area (Å²) < 4.78 is 34.8. The molecule has 2 aromatic carbocycles. The minimum absolute atomic E-state index is 0. The van der Waals surface area contributed by atoms with Gasteiger partial charge in [-0.3, -0.25) is 4.21 Å². The van der Waals surface area contributed by atoms with Gasteiger partial charge in [-0.2, -0.15) is 5.26 Å². The van der Waals surface area contributed by atoms with Crippen molar-refractivity contribution in [1.82, 2.24) is 0 Å². The first-order valence-corrected chi connectivity index (χ1v) is 7.70. The summed E-state index contributed by atoms with van der Waals surface area (Å²) in [5.74, 6) is 5.05. The van der Waals surface area contributed by atoms with Crippen LogP contribution in [0.25, 0.3) is 0 Å². The van der Waals surface area contributed by atoms with Crippen molar-refractivity contribution in [3.63, 3.8) is 0 Å². The molecule has 2 aromatic rings. The standard InChI is InChI=1S/C17H12FNO2S.Na/c18-17-11-13(6-8-15(17)9-10-22(20)21)5-7-14-3-1-2-4-16(14)12-19;/h1-4,6,8,11H,9-10H2,(H,20,21);/q;+1/p-1. The maximum atomic E-state index is 13.9. The number of aryl methyl sites for hydroxylation is 1. The average Bonchev–Trinajstić information content (AvgIpc) is 2.52. The van der Waals surface area contributed by atoms with Crippen molar-refractivity contribution in [2.24, 2.45) is 0 Å². The third kappa shape index (κ3) is 5.91. The van der Waals surface area contributed by atoms with Crippen molar-refractivity contribution in [3.8, 4) is 17.9 Å². The molecule has 23 heavy (non-hydrogen) atoms. The van der Waals surface area contributed by atoms with Crippen LogP contribution < -0.4 is 29.6 Å². The molecule has 0 fully saturated rings. The van der Waals surface area contributed by atoms with Gasteiger partial charge in [0, 0.05) is 16.9 Å². The summed E-state index contributed by atoms with van der Waals surface area (Å²) in [7, 11) is 0. The number of nitrogens with zero attached hydrogens (tertiary/aromatic N) is 1.